The lowest BCUT2D eigenvalue weighted by atomic mass is 10.1. The predicted molar refractivity (Wildman–Crippen MR) is 120 cm³/mol. The molecule has 0 aliphatic carbocycles. The monoisotopic (exact) mass is 431 g/mol. The van der Waals surface area contributed by atoms with Gasteiger partial charge in [0.1, 0.15) is 11.8 Å². The highest BCUT2D eigenvalue weighted by molar-refractivity contribution is 7.92. The van der Waals surface area contributed by atoms with E-state index in [0.717, 1.165) is 17.7 Å². The van der Waals surface area contributed by atoms with Crippen molar-refractivity contribution in [1.82, 2.24) is 4.90 Å². The quantitative estimate of drug-likeness (QED) is 0.674. The second-order valence-corrected chi connectivity index (χ2v) is 9.16. The van der Waals surface area contributed by atoms with Crippen LogP contribution < -0.4 is 13.9 Å². The molecule has 1 fully saturated rings. The van der Waals surface area contributed by atoms with E-state index in [2.05, 4.69) is 4.90 Å². The third-order valence-corrected chi connectivity index (χ3v) is 6.52. The number of carbonyl (C=O) groups is 1. The molecule has 1 aliphatic rings. The second kappa shape index (κ2) is 9.38. The topological polar surface area (TPSA) is 70.2 Å². The van der Waals surface area contributed by atoms with E-state index >= 15 is 0 Å². The molecule has 162 valence electrons. The highest BCUT2D eigenvalue weighted by atomic mass is 32.2. The van der Waals surface area contributed by atoms with Gasteiger partial charge in [-0.05, 0) is 30.7 Å². The van der Waals surface area contributed by atoms with Crippen LogP contribution in [0.15, 0.2) is 54.6 Å². The smallest absolute Gasteiger partial charge is 0.246 e. The Morgan fingerprint density at radius 3 is 2.20 bits per heavy atom. The number of hydrogen-bond acceptors (Lipinski definition) is 5. The van der Waals surface area contributed by atoms with Crippen molar-refractivity contribution >= 4 is 27.3 Å². The fourth-order valence-corrected chi connectivity index (χ4v) is 5.09. The number of rotatable bonds is 7. The number of methoxy groups -OCH3 is 1. The van der Waals surface area contributed by atoms with Crippen LogP contribution in [0.1, 0.15) is 13.3 Å². The molecule has 2 aromatic rings. The maximum atomic E-state index is 13.3. The van der Waals surface area contributed by atoms with Crippen LogP contribution in [0.4, 0.5) is 11.4 Å². The Balaban J connectivity index is 1.77. The normalized spacial score (nSPS) is 15.6. The van der Waals surface area contributed by atoms with E-state index in [9.17, 15) is 13.2 Å². The van der Waals surface area contributed by atoms with E-state index in [1.807, 2.05) is 37.3 Å². The first-order valence-corrected chi connectivity index (χ1v) is 11.9. The van der Waals surface area contributed by atoms with Crippen LogP contribution in [-0.2, 0) is 14.8 Å². The maximum Gasteiger partial charge on any atom is 0.246 e. The lowest BCUT2D eigenvalue weighted by Gasteiger charge is -2.39. The van der Waals surface area contributed by atoms with Crippen molar-refractivity contribution in [1.29, 1.82) is 0 Å². The number of para-hydroxylation sites is 3. The van der Waals surface area contributed by atoms with Crippen LogP contribution in [0.3, 0.4) is 0 Å². The highest BCUT2D eigenvalue weighted by Gasteiger charge is 2.35. The largest absolute Gasteiger partial charge is 0.495 e. The molecule has 30 heavy (non-hydrogen) atoms. The zero-order valence-corrected chi connectivity index (χ0v) is 18.5. The summed E-state index contributed by atoms with van der Waals surface area (Å²) in [6.45, 7) is 4.22. The minimum atomic E-state index is -3.62. The molecule has 1 amide bonds. The third kappa shape index (κ3) is 4.70. The van der Waals surface area contributed by atoms with Gasteiger partial charge in [0.2, 0.25) is 15.9 Å². The van der Waals surface area contributed by atoms with E-state index in [-0.39, 0.29) is 5.91 Å². The first-order valence-electron chi connectivity index (χ1n) is 10.1. The number of hydrogen-bond donors (Lipinski definition) is 0. The fourth-order valence-electron chi connectivity index (χ4n) is 3.89. The van der Waals surface area contributed by atoms with Crippen molar-refractivity contribution in [2.75, 3.05) is 48.7 Å². The summed E-state index contributed by atoms with van der Waals surface area (Å²) in [6, 6.07) is 15.9. The van der Waals surface area contributed by atoms with Gasteiger partial charge < -0.3 is 14.5 Å². The Morgan fingerprint density at radius 1 is 1.03 bits per heavy atom. The molecule has 8 heteroatoms. The summed E-state index contributed by atoms with van der Waals surface area (Å²) in [5.41, 5.74) is 1.51. The molecular weight excluding hydrogens is 402 g/mol. The lowest BCUT2D eigenvalue weighted by molar-refractivity contribution is -0.132. The first-order chi connectivity index (χ1) is 14.4. The third-order valence-electron chi connectivity index (χ3n) is 5.34. The van der Waals surface area contributed by atoms with Gasteiger partial charge in [0.15, 0.2) is 0 Å². The van der Waals surface area contributed by atoms with Crippen molar-refractivity contribution in [2.45, 2.75) is 19.4 Å². The number of amides is 1. The number of carbonyl (C=O) groups excluding carboxylic acids is 1. The van der Waals surface area contributed by atoms with Crippen molar-refractivity contribution in [3.8, 4) is 5.75 Å². The fraction of sp³-hybridized carbons (Fsp3) is 0.409. The second-order valence-electron chi connectivity index (χ2n) is 7.30. The van der Waals surface area contributed by atoms with Crippen molar-refractivity contribution in [3.05, 3.63) is 54.6 Å². The Bertz CT molecular complexity index is 957. The summed E-state index contributed by atoms with van der Waals surface area (Å²) in [6.07, 6.45) is 1.54. The van der Waals surface area contributed by atoms with Crippen LogP contribution >= 0.6 is 0 Å². The lowest BCUT2D eigenvalue weighted by Crippen LogP contribution is -2.56. The van der Waals surface area contributed by atoms with Crippen molar-refractivity contribution < 1.29 is 17.9 Å². The summed E-state index contributed by atoms with van der Waals surface area (Å²) in [4.78, 5) is 17.3. The van der Waals surface area contributed by atoms with E-state index in [4.69, 9.17) is 4.74 Å². The van der Waals surface area contributed by atoms with Gasteiger partial charge >= 0.3 is 0 Å². The molecule has 0 saturated carbocycles. The molecule has 1 atom stereocenters. The van der Waals surface area contributed by atoms with Crippen LogP contribution in [0.2, 0.25) is 0 Å². The van der Waals surface area contributed by atoms with E-state index in [1.54, 1.807) is 36.3 Å². The maximum absolute atomic E-state index is 13.3. The zero-order valence-electron chi connectivity index (χ0n) is 17.7. The molecule has 0 unspecified atom stereocenters. The Kier molecular flexibility index (Phi) is 6.87. The van der Waals surface area contributed by atoms with Gasteiger partial charge in [0, 0.05) is 26.2 Å². The molecule has 0 bridgehead atoms. The van der Waals surface area contributed by atoms with Crippen LogP contribution in [0, 0.1) is 0 Å². The summed E-state index contributed by atoms with van der Waals surface area (Å²) >= 11 is 0. The summed E-state index contributed by atoms with van der Waals surface area (Å²) in [7, 11) is -1.97. The molecule has 3 rings (SSSR count). The molecule has 0 spiro atoms. The molecule has 2 aromatic carbocycles. The van der Waals surface area contributed by atoms with E-state index < -0.39 is 16.1 Å². The standard InChI is InChI=1S/C22H29N3O4S/c1-4-19(25(30(3,27)28)18-10-6-5-7-11-18)22(26)24-16-14-23(15-17-24)20-12-8-9-13-21(20)29-2/h5-13,19H,4,14-17H2,1-3H3/t19-/m0/s1. The molecule has 0 aromatic heterocycles. The van der Waals surface area contributed by atoms with Gasteiger partial charge in [-0.3, -0.25) is 9.10 Å². The Morgan fingerprint density at radius 2 is 1.63 bits per heavy atom. The average Bonchev–Trinajstić information content (AvgIpc) is 2.76. The summed E-state index contributed by atoms with van der Waals surface area (Å²) < 4.78 is 31.8. The minimum absolute atomic E-state index is 0.161. The van der Waals surface area contributed by atoms with Gasteiger partial charge in [0.25, 0.3) is 0 Å². The van der Waals surface area contributed by atoms with Crippen molar-refractivity contribution in [3.63, 3.8) is 0 Å². The molecule has 0 N–H and O–H groups in total. The SMILES string of the molecule is CC[C@@H](C(=O)N1CCN(c2ccccc2OC)CC1)N(c1ccccc1)S(C)(=O)=O. The average molecular weight is 432 g/mol. The van der Waals surface area contributed by atoms with Gasteiger partial charge in [0.05, 0.1) is 24.7 Å². The number of ether oxygens (including phenoxy) is 1. The molecule has 1 heterocycles. The van der Waals surface area contributed by atoms with E-state index in [1.165, 1.54) is 4.31 Å². The molecule has 1 saturated heterocycles. The number of anilines is 2. The number of piperazine rings is 1. The van der Waals surface area contributed by atoms with Crippen molar-refractivity contribution in [2.24, 2.45) is 0 Å². The molecular formula is C22H29N3O4S. The predicted octanol–water partition coefficient (Wildman–Crippen LogP) is 2.59. The highest BCUT2D eigenvalue weighted by Crippen LogP contribution is 2.29. The van der Waals surface area contributed by atoms with Crippen LogP contribution in [0.25, 0.3) is 0 Å². The molecule has 0 radical (unpaired) electrons. The minimum Gasteiger partial charge on any atom is -0.495 e. The van der Waals surface area contributed by atoms with E-state index in [0.29, 0.717) is 38.3 Å². The first kappa shape index (κ1) is 22.0. The zero-order chi connectivity index (χ0) is 21.7. The summed E-state index contributed by atoms with van der Waals surface area (Å²) in [5, 5.41) is 0. The Hall–Kier alpha value is -2.74. The van der Waals surface area contributed by atoms with Crippen LogP contribution in [0.5, 0.6) is 5.75 Å². The summed E-state index contributed by atoms with van der Waals surface area (Å²) in [5.74, 6) is 0.641. The van der Waals surface area contributed by atoms with Crippen LogP contribution in [-0.4, -0.2) is 64.8 Å². The number of sulfonamides is 1. The van der Waals surface area contributed by atoms with Gasteiger partial charge in [-0.2, -0.15) is 0 Å². The molecule has 1 aliphatic heterocycles. The number of nitrogens with zero attached hydrogens (tertiary/aromatic N) is 3. The van der Waals surface area contributed by atoms with Gasteiger partial charge in [-0.1, -0.05) is 37.3 Å². The number of benzene rings is 2. The molecule has 7 nitrogen and oxygen atoms in total. The Labute approximate surface area is 178 Å². The van der Waals surface area contributed by atoms with Gasteiger partial charge in [-0.25, -0.2) is 8.42 Å². The van der Waals surface area contributed by atoms with Gasteiger partial charge in [-0.15, -0.1) is 0 Å².